The van der Waals surface area contributed by atoms with Crippen LogP contribution in [0.4, 0.5) is 0 Å². The molecular weight excluding hydrogens is 242 g/mol. The maximum atomic E-state index is 11.9. The van der Waals surface area contributed by atoms with Crippen molar-refractivity contribution in [3.8, 4) is 0 Å². The van der Waals surface area contributed by atoms with E-state index >= 15 is 0 Å². The Balaban J connectivity index is 2.11. The van der Waals surface area contributed by atoms with E-state index in [1.807, 2.05) is 62.4 Å². The van der Waals surface area contributed by atoms with E-state index in [-0.39, 0.29) is 0 Å². The summed E-state index contributed by atoms with van der Waals surface area (Å²) in [6.07, 6.45) is 1.65. The third kappa shape index (κ3) is 3.37. The van der Waals surface area contributed by atoms with Gasteiger partial charge in [-0.2, -0.15) is 4.40 Å². The van der Waals surface area contributed by atoms with Crippen LogP contribution < -0.4 is 0 Å². The molecule has 0 N–H and O–H groups in total. The first-order valence-electron chi connectivity index (χ1n) is 5.74. The highest BCUT2D eigenvalue weighted by Crippen LogP contribution is 2.09. The summed E-state index contributed by atoms with van der Waals surface area (Å²) in [5.41, 5.74) is 3.31. The third-order valence-electron chi connectivity index (χ3n) is 2.60. The maximum absolute atomic E-state index is 11.9. The molecule has 1 atom stereocenters. The Bertz CT molecular complexity index is 570. The van der Waals surface area contributed by atoms with Gasteiger partial charge in [-0.15, -0.1) is 0 Å². The second-order valence-corrected chi connectivity index (χ2v) is 5.39. The van der Waals surface area contributed by atoms with E-state index < -0.39 is 11.0 Å². The van der Waals surface area contributed by atoms with Crippen LogP contribution in [0.1, 0.15) is 16.7 Å². The SMILES string of the molecule is Cc1ccc(/C=N/S(=O)c2ccc(C)cc2)cc1. The first-order valence-corrected chi connectivity index (χ1v) is 6.85. The van der Waals surface area contributed by atoms with Gasteiger partial charge in [0.15, 0.2) is 11.0 Å². The molecule has 3 heteroatoms. The fourth-order valence-electron chi connectivity index (χ4n) is 1.48. The topological polar surface area (TPSA) is 29.4 Å². The van der Waals surface area contributed by atoms with E-state index in [0.29, 0.717) is 0 Å². The van der Waals surface area contributed by atoms with Crippen LogP contribution in [0.15, 0.2) is 57.8 Å². The number of benzene rings is 2. The highest BCUT2D eigenvalue weighted by Gasteiger charge is 1.99. The van der Waals surface area contributed by atoms with Crippen molar-refractivity contribution >= 4 is 17.2 Å². The summed E-state index contributed by atoms with van der Waals surface area (Å²) in [4.78, 5) is 0.726. The number of hydrogen-bond donors (Lipinski definition) is 0. The fraction of sp³-hybridized carbons (Fsp3) is 0.133. The lowest BCUT2D eigenvalue weighted by Crippen LogP contribution is -1.89. The van der Waals surface area contributed by atoms with Crippen molar-refractivity contribution < 1.29 is 4.21 Å². The molecule has 0 amide bonds. The molecule has 0 aromatic heterocycles. The van der Waals surface area contributed by atoms with E-state index in [1.165, 1.54) is 5.56 Å². The molecule has 0 saturated carbocycles. The van der Waals surface area contributed by atoms with Gasteiger partial charge in [0.2, 0.25) is 0 Å². The van der Waals surface area contributed by atoms with E-state index in [9.17, 15) is 4.21 Å². The second kappa shape index (κ2) is 5.74. The summed E-state index contributed by atoms with van der Waals surface area (Å²) in [6.45, 7) is 4.04. The molecule has 92 valence electrons. The molecule has 0 heterocycles. The van der Waals surface area contributed by atoms with Gasteiger partial charge in [0.1, 0.15) is 0 Å². The van der Waals surface area contributed by atoms with Gasteiger partial charge in [0.05, 0.1) is 4.90 Å². The van der Waals surface area contributed by atoms with Crippen LogP contribution in [0.3, 0.4) is 0 Å². The first-order chi connectivity index (χ1) is 8.65. The van der Waals surface area contributed by atoms with E-state index in [4.69, 9.17) is 0 Å². The van der Waals surface area contributed by atoms with Crippen LogP contribution in [0, 0.1) is 13.8 Å². The average Bonchev–Trinajstić information content (AvgIpc) is 2.38. The van der Waals surface area contributed by atoms with E-state index in [1.54, 1.807) is 6.21 Å². The molecular formula is C15H15NOS. The van der Waals surface area contributed by atoms with Crippen LogP contribution in [-0.2, 0) is 11.0 Å². The van der Waals surface area contributed by atoms with Gasteiger partial charge >= 0.3 is 0 Å². The highest BCUT2D eigenvalue weighted by atomic mass is 32.2. The van der Waals surface area contributed by atoms with Crippen LogP contribution in [0.5, 0.6) is 0 Å². The van der Waals surface area contributed by atoms with Gasteiger partial charge in [-0.25, -0.2) is 4.21 Å². The summed E-state index contributed by atoms with van der Waals surface area (Å²) < 4.78 is 16.0. The molecule has 2 nitrogen and oxygen atoms in total. The molecule has 1 unspecified atom stereocenters. The number of nitrogens with zero attached hydrogens (tertiary/aromatic N) is 1. The lowest BCUT2D eigenvalue weighted by atomic mass is 10.2. The quantitative estimate of drug-likeness (QED) is 0.774. The maximum Gasteiger partial charge on any atom is 0.172 e. The van der Waals surface area contributed by atoms with Crippen LogP contribution in [0.2, 0.25) is 0 Å². The number of hydrogen-bond acceptors (Lipinski definition) is 1. The van der Waals surface area contributed by atoms with Gasteiger partial charge in [0, 0.05) is 6.21 Å². The minimum Gasteiger partial charge on any atom is -0.229 e. The summed E-state index contributed by atoms with van der Waals surface area (Å²) >= 11 is 0. The lowest BCUT2D eigenvalue weighted by molar-refractivity contribution is 0.684. The molecule has 0 spiro atoms. The molecule has 0 aliphatic carbocycles. The van der Waals surface area contributed by atoms with Gasteiger partial charge in [-0.05, 0) is 31.5 Å². The van der Waals surface area contributed by atoms with Gasteiger partial charge < -0.3 is 0 Å². The molecule has 2 rings (SSSR count). The van der Waals surface area contributed by atoms with Crippen LogP contribution in [0.25, 0.3) is 0 Å². The van der Waals surface area contributed by atoms with Gasteiger partial charge in [-0.1, -0.05) is 47.5 Å². The van der Waals surface area contributed by atoms with Crippen molar-refractivity contribution in [1.29, 1.82) is 0 Å². The Morgan fingerprint density at radius 1 is 0.889 bits per heavy atom. The highest BCUT2D eigenvalue weighted by molar-refractivity contribution is 7.83. The summed E-state index contributed by atoms with van der Waals surface area (Å²) in [6, 6.07) is 15.5. The standard InChI is InChI=1S/C15H15NOS/c1-12-3-7-14(8-4-12)11-16-18(17)15-9-5-13(2)6-10-15/h3-11H,1-2H3/b16-11+. The molecule has 2 aromatic rings. The molecule has 0 aliphatic heterocycles. The van der Waals surface area contributed by atoms with Crippen molar-refractivity contribution in [1.82, 2.24) is 0 Å². The third-order valence-corrected chi connectivity index (χ3v) is 3.57. The molecule has 18 heavy (non-hydrogen) atoms. The molecule has 0 aliphatic rings. The Morgan fingerprint density at radius 3 is 1.94 bits per heavy atom. The minimum absolute atomic E-state index is 0.726. The average molecular weight is 257 g/mol. The first kappa shape index (κ1) is 12.7. The molecule has 0 radical (unpaired) electrons. The molecule has 0 saturated heterocycles. The second-order valence-electron chi connectivity index (χ2n) is 4.21. The van der Waals surface area contributed by atoms with E-state index in [2.05, 4.69) is 4.40 Å². The van der Waals surface area contributed by atoms with Crippen molar-refractivity contribution in [2.75, 3.05) is 0 Å². The smallest absolute Gasteiger partial charge is 0.172 e. The minimum atomic E-state index is -1.33. The Hall–Kier alpha value is -1.74. The zero-order valence-electron chi connectivity index (χ0n) is 10.5. The zero-order chi connectivity index (χ0) is 13.0. The van der Waals surface area contributed by atoms with Gasteiger partial charge in [-0.3, -0.25) is 0 Å². The Labute approximate surface area is 110 Å². The predicted molar refractivity (Wildman–Crippen MR) is 76.4 cm³/mol. The largest absolute Gasteiger partial charge is 0.229 e. The number of aryl methyl sites for hydroxylation is 2. The monoisotopic (exact) mass is 257 g/mol. The summed E-state index contributed by atoms with van der Waals surface area (Å²) in [5.74, 6) is 0. The molecule has 2 aromatic carbocycles. The lowest BCUT2D eigenvalue weighted by Gasteiger charge is -1.97. The number of rotatable bonds is 3. The van der Waals surface area contributed by atoms with Crippen molar-refractivity contribution in [3.63, 3.8) is 0 Å². The van der Waals surface area contributed by atoms with Crippen molar-refractivity contribution in [2.45, 2.75) is 18.7 Å². The zero-order valence-corrected chi connectivity index (χ0v) is 11.3. The predicted octanol–water partition coefficient (Wildman–Crippen LogP) is 3.45. The van der Waals surface area contributed by atoms with Gasteiger partial charge in [0.25, 0.3) is 0 Å². The van der Waals surface area contributed by atoms with E-state index in [0.717, 1.165) is 16.0 Å². The normalized spacial score (nSPS) is 12.8. The molecule has 0 bridgehead atoms. The fourth-order valence-corrected chi connectivity index (χ4v) is 2.18. The Morgan fingerprint density at radius 2 is 1.39 bits per heavy atom. The van der Waals surface area contributed by atoms with Crippen LogP contribution in [-0.4, -0.2) is 10.4 Å². The van der Waals surface area contributed by atoms with Crippen molar-refractivity contribution in [3.05, 3.63) is 65.2 Å². The van der Waals surface area contributed by atoms with Crippen molar-refractivity contribution in [2.24, 2.45) is 4.40 Å². The summed E-state index contributed by atoms with van der Waals surface area (Å²) in [5, 5.41) is 0. The molecule has 0 fully saturated rings. The summed E-state index contributed by atoms with van der Waals surface area (Å²) in [7, 11) is -1.33. The Kier molecular flexibility index (Phi) is 4.05. The van der Waals surface area contributed by atoms with Crippen LogP contribution >= 0.6 is 0 Å².